The highest BCUT2D eigenvalue weighted by atomic mass is 19.1. The summed E-state index contributed by atoms with van der Waals surface area (Å²) >= 11 is 0. The maximum Gasteiger partial charge on any atom is 0.292 e. The Kier molecular flexibility index (Phi) is 4.50. The van der Waals surface area contributed by atoms with Crippen molar-refractivity contribution in [1.82, 2.24) is 4.90 Å². The Hall–Kier alpha value is -2.04. The highest BCUT2D eigenvalue weighted by molar-refractivity contribution is 5.91. The maximum absolute atomic E-state index is 13.0. The van der Waals surface area contributed by atoms with E-state index in [1.54, 1.807) is 17.0 Å². The zero-order valence-electron chi connectivity index (χ0n) is 12.6. The normalized spacial score (nSPS) is 14.8. The first-order chi connectivity index (χ1) is 9.88. The highest BCUT2D eigenvalue weighted by Gasteiger charge is 2.30. The van der Waals surface area contributed by atoms with E-state index in [1.807, 2.05) is 20.8 Å². The number of hydrogen-bond donors (Lipinski definition) is 0. The summed E-state index contributed by atoms with van der Waals surface area (Å²) in [6, 6.07) is 6.13. The summed E-state index contributed by atoms with van der Waals surface area (Å²) in [4.78, 5) is 14.3. The van der Waals surface area contributed by atoms with Crippen LogP contribution in [0.5, 0.6) is 0 Å². The van der Waals surface area contributed by atoms with Gasteiger partial charge in [-0.15, -0.1) is 0 Å². The zero-order chi connectivity index (χ0) is 15.5. The topological polar surface area (TPSA) is 38.8 Å². The van der Waals surface area contributed by atoms with Crippen LogP contribution in [0.1, 0.15) is 26.3 Å². The summed E-state index contributed by atoms with van der Waals surface area (Å²) in [5.41, 5.74) is 0.463. The molecule has 1 aromatic rings. The van der Waals surface area contributed by atoms with Crippen LogP contribution in [-0.2, 0) is 20.8 Å². The van der Waals surface area contributed by atoms with Gasteiger partial charge in [-0.25, -0.2) is 4.39 Å². The van der Waals surface area contributed by atoms with E-state index in [-0.39, 0.29) is 17.5 Å². The summed E-state index contributed by atoms with van der Waals surface area (Å²) in [6.07, 6.45) is 1.36. The van der Waals surface area contributed by atoms with Crippen molar-refractivity contribution in [3.05, 3.63) is 47.7 Å². The molecule has 1 amide bonds. The second kappa shape index (κ2) is 6.16. The van der Waals surface area contributed by atoms with Gasteiger partial charge in [0.15, 0.2) is 0 Å². The monoisotopic (exact) mass is 293 g/mol. The fourth-order valence-electron chi connectivity index (χ4n) is 2.00. The van der Waals surface area contributed by atoms with Crippen LogP contribution in [0.2, 0.25) is 0 Å². The van der Waals surface area contributed by atoms with Crippen molar-refractivity contribution >= 4 is 5.91 Å². The Balaban J connectivity index is 2.20. The van der Waals surface area contributed by atoms with E-state index in [1.165, 1.54) is 18.4 Å². The van der Waals surface area contributed by atoms with Crippen LogP contribution >= 0.6 is 0 Å². The summed E-state index contributed by atoms with van der Waals surface area (Å²) < 4.78 is 23.5. The van der Waals surface area contributed by atoms with Crippen LogP contribution < -0.4 is 0 Å². The Morgan fingerprint density at radius 3 is 2.43 bits per heavy atom. The molecule has 1 aliphatic heterocycles. The summed E-state index contributed by atoms with van der Waals surface area (Å²) in [5.74, 6) is -0.316. The predicted octanol–water partition coefficient (Wildman–Crippen LogP) is 2.84. The molecule has 0 bridgehead atoms. The molecule has 114 valence electrons. The second-order valence-corrected chi connectivity index (χ2v) is 5.89. The third-order valence-electron chi connectivity index (χ3n) is 3.17. The first kappa shape index (κ1) is 15.4. The Morgan fingerprint density at radius 1 is 1.24 bits per heavy atom. The Morgan fingerprint density at radius 2 is 1.90 bits per heavy atom. The molecule has 21 heavy (non-hydrogen) atoms. The molecule has 0 saturated carbocycles. The first-order valence-corrected chi connectivity index (χ1v) is 6.89. The molecular weight excluding hydrogens is 273 g/mol. The number of benzene rings is 1. The average Bonchev–Trinajstić information content (AvgIpc) is 2.45. The second-order valence-electron chi connectivity index (χ2n) is 5.89. The molecule has 5 heteroatoms. The third kappa shape index (κ3) is 3.97. The van der Waals surface area contributed by atoms with Crippen molar-refractivity contribution in [2.75, 3.05) is 13.2 Å². The molecule has 4 nitrogen and oxygen atoms in total. The number of halogens is 1. The van der Waals surface area contributed by atoms with Crippen molar-refractivity contribution in [2.45, 2.75) is 32.9 Å². The van der Waals surface area contributed by atoms with Crippen LogP contribution in [0, 0.1) is 5.82 Å². The van der Waals surface area contributed by atoms with Gasteiger partial charge in [-0.1, -0.05) is 12.1 Å². The lowest BCUT2D eigenvalue weighted by Gasteiger charge is -2.36. The van der Waals surface area contributed by atoms with Crippen LogP contribution in [0.4, 0.5) is 4.39 Å². The number of hydrogen-bond acceptors (Lipinski definition) is 3. The fraction of sp³-hybridized carbons (Fsp3) is 0.438. The molecule has 0 radical (unpaired) electrons. The van der Waals surface area contributed by atoms with Gasteiger partial charge in [0.05, 0.1) is 0 Å². The predicted molar refractivity (Wildman–Crippen MR) is 76.7 cm³/mol. The molecule has 1 heterocycles. The SMILES string of the molecule is CC(C)(C)N(Cc1ccc(F)cc1)C(=O)C1=COCCO1. The van der Waals surface area contributed by atoms with Crippen molar-refractivity contribution < 1.29 is 18.7 Å². The number of carbonyl (C=O) groups is 1. The van der Waals surface area contributed by atoms with E-state index >= 15 is 0 Å². The lowest BCUT2D eigenvalue weighted by atomic mass is 10.0. The number of carbonyl (C=O) groups excluding carboxylic acids is 1. The van der Waals surface area contributed by atoms with E-state index in [9.17, 15) is 9.18 Å². The molecular formula is C16H20FNO3. The van der Waals surface area contributed by atoms with E-state index < -0.39 is 5.54 Å². The minimum atomic E-state index is -0.396. The van der Waals surface area contributed by atoms with Crippen LogP contribution in [0.3, 0.4) is 0 Å². The molecule has 1 aliphatic rings. The Labute approximate surface area is 124 Å². The molecule has 2 rings (SSSR count). The number of rotatable bonds is 3. The smallest absolute Gasteiger partial charge is 0.292 e. The highest BCUT2D eigenvalue weighted by Crippen LogP contribution is 2.21. The molecule has 0 atom stereocenters. The zero-order valence-corrected chi connectivity index (χ0v) is 12.6. The van der Waals surface area contributed by atoms with Gasteiger partial charge in [-0.2, -0.15) is 0 Å². The molecule has 0 spiro atoms. The lowest BCUT2D eigenvalue weighted by molar-refractivity contribution is -0.137. The quantitative estimate of drug-likeness (QED) is 0.860. The number of amides is 1. The molecule has 0 N–H and O–H groups in total. The maximum atomic E-state index is 13.0. The largest absolute Gasteiger partial charge is 0.494 e. The molecule has 0 unspecified atom stereocenters. The van der Waals surface area contributed by atoms with Gasteiger partial charge >= 0.3 is 0 Å². The van der Waals surface area contributed by atoms with Gasteiger partial charge in [0.2, 0.25) is 5.76 Å². The lowest BCUT2D eigenvalue weighted by Crippen LogP contribution is -2.46. The minimum absolute atomic E-state index is 0.207. The molecule has 1 aromatic carbocycles. The van der Waals surface area contributed by atoms with E-state index in [2.05, 4.69) is 0 Å². The number of nitrogens with zero attached hydrogens (tertiary/aromatic N) is 1. The molecule has 0 fully saturated rings. The van der Waals surface area contributed by atoms with Gasteiger partial charge in [0.1, 0.15) is 25.3 Å². The van der Waals surface area contributed by atoms with Crippen molar-refractivity contribution in [3.63, 3.8) is 0 Å². The van der Waals surface area contributed by atoms with Gasteiger partial charge in [0.25, 0.3) is 5.91 Å². The van der Waals surface area contributed by atoms with Gasteiger partial charge in [0, 0.05) is 12.1 Å². The van der Waals surface area contributed by atoms with Crippen molar-refractivity contribution in [3.8, 4) is 0 Å². The van der Waals surface area contributed by atoms with Gasteiger partial charge < -0.3 is 14.4 Å². The Bertz CT molecular complexity index is 531. The molecule has 0 saturated heterocycles. The van der Waals surface area contributed by atoms with Crippen LogP contribution in [-0.4, -0.2) is 29.6 Å². The molecule has 0 aromatic heterocycles. The average molecular weight is 293 g/mol. The summed E-state index contributed by atoms with van der Waals surface area (Å²) in [6.45, 7) is 7.02. The number of ether oxygens (including phenoxy) is 2. The third-order valence-corrected chi connectivity index (χ3v) is 3.17. The minimum Gasteiger partial charge on any atom is -0.494 e. The first-order valence-electron chi connectivity index (χ1n) is 6.89. The summed E-state index contributed by atoms with van der Waals surface area (Å²) in [5, 5.41) is 0. The van der Waals surface area contributed by atoms with Crippen molar-refractivity contribution in [2.24, 2.45) is 0 Å². The van der Waals surface area contributed by atoms with Crippen LogP contribution in [0.15, 0.2) is 36.3 Å². The summed E-state index contributed by atoms with van der Waals surface area (Å²) in [7, 11) is 0. The molecule has 0 aliphatic carbocycles. The van der Waals surface area contributed by atoms with E-state index in [0.717, 1.165) is 5.56 Å². The van der Waals surface area contributed by atoms with E-state index in [0.29, 0.717) is 19.8 Å². The standard InChI is InChI=1S/C16H20FNO3/c1-16(2,3)18(10-12-4-6-13(17)7-5-12)15(19)14-11-20-8-9-21-14/h4-7,11H,8-10H2,1-3H3. The van der Waals surface area contributed by atoms with Crippen LogP contribution in [0.25, 0.3) is 0 Å². The van der Waals surface area contributed by atoms with Gasteiger partial charge in [-0.3, -0.25) is 4.79 Å². The van der Waals surface area contributed by atoms with Crippen molar-refractivity contribution in [1.29, 1.82) is 0 Å². The van der Waals surface area contributed by atoms with Gasteiger partial charge in [-0.05, 0) is 38.5 Å². The fourth-order valence-corrected chi connectivity index (χ4v) is 2.00. The van der Waals surface area contributed by atoms with E-state index in [4.69, 9.17) is 9.47 Å².